The lowest BCUT2D eigenvalue weighted by Crippen LogP contribution is -2.60. The van der Waals surface area contributed by atoms with Gasteiger partial charge in [0.1, 0.15) is 0 Å². The summed E-state index contributed by atoms with van der Waals surface area (Å²) in [6.07, 6.45) is 0. The van der Waals surface area contributed by atoms with Crippen LogP contribution in [0.25, 0.3) is 0 Å². The van der Waals surface area contributed by atoms with E-state index in [0.29, 0.717) is 0 Å². The van der Waals surface area contributed by atoms with Crippen LogP contribution < -0.4 is 0 Å². The Hall–Kier alpha value is -0.760. The van der Waals surface area contributed by atoms with Crippen molar-refractivity contribution in [3.8, 4) is 0 Å². The highest BCUT2D eigenvalue weighted by Crippen LogP contribution is 2.32. The zero-order chi connectivity index (χ0) is 13.9. The molecule has 0 rings (SSSR count). The van der Waals surface area contributed by atoms with Crippen LogP contribution in [0.4, 0.5) is 8.78 Å². The van der Waals surface area contributed by atoms with E-state index in [-0.39, 0.29) is 19.6 Å². The highest BCUT2D eigenvalue weighted by atomic mass is 32.2. The Morgan fingerprint density at radius 1 is 1.18 bits per heavy atom. The van der Waals surface area contributed by atoms with Crippen molar-refractivity contribution in [2.24, 2.45) is 0 Å². The third kappa shape index (κ3) is 2.28. The van der Waals surface area contributed by atoms with Gasteiger partial charge in [-0.15, -0.1) is 0 Å². The largest absolute Gasteiger partial charge is 0.491 e. The monoisotopic (exact) mass is 274 g/mol. The average Bonchev–Trinajstić information content (AvgIpc) is 2.30. The summed E-state index contributed by atoms with van der Waals surface area (Å²) in [5.41, 5.74) is 0. The van der Waals surface area contributed by atoms with E-state index < -0.39 is 25.1 Å². The van der Waals surface area contributed by atoms with E-state index >= 15 is 0 Å². The van der Waals surface area contributed by atoms with Crippen LogP contribution in [-0.4, -0.2) is 50.3 Å². The average molecular weight is 274 g/mol. The molecule has 0 aliphatic heterocycles. The molecule has 0 aliphatic carbocycles. The number of hydrogen-bond donors (Lipinski definition) is 0. The number of ether oxygens (including phenoxy) is 1. The normalized spacial score (nSPS) is 13.5. The van der Waals surface area contributed by atoms with Crippen molar-refractivity contribution >= 4 is 16.0 Å². The van der Waals surface area contributed by atoms with Gasteiger partial charge in [0, 0.05) is 0 Å². The Balaban J connectivity index is 5.77. The van der Waals surface area contributed by atoms with Crippen molar-refractivity contribution in [2.45, 2.75) is 26.0 Å². The van der Waals surface area contributed by atoms with Crippen LogP contribution in [0, 0.1) is 0 Å². The molecule has 0 saturated heterocycles. The summed E-state index contributed by atoms with van der Waals surface area (Å²) in [5.74, 6) is -2.05. The molecule has 0 fully saturated rings. The van der Waals surface area contributed by atoms with Gasteiger partial charge in [0.2, 0.25) is 0 Å². The van der Waals surface area contributed by atoms with E-state index in [4.69, 9.17) is 0 Å². The lowest BCUT2D eigenvalue weighted by molar-refractivity contribution is -0.802. The predicted molar refractivity (Wildman–Crippen MR) is 57.8 cm³/mol. The van der Waals surface area contributed by atoms with Crippen LogP contribution in [0.2, 0.25) is 0 Å². The van der Waals surface area contributed by atoms with E-state index in [9.17, 15) is 22.0 Å². The van der Waals surface area contributed by atoms with Gasteiger partial charge in [-0.2, -0.15) is 17.2 Å². The lowest BCUT2D eigenvalue weighted by Gasteiger charge is -2.35. The van der Waals surface area contributed by atoms with Crippen molar-refractivity contribution < 1.29 is 30.6 Å². The molecule has 0 radical (unpaired) electrons. The summed E-state index contributed by atoms with van der Waals surface area (Å²) in [5, 5.41) is -4.52. The van der Waals surface area contributed by atoms with Gasteiger partial charge >= 0.3 is 21.2 Å². The fourth-order valence-corrected chi connectivity index (χ4v) is 3.45. The zero-order valence-corrected chi connectivity index (χ0v) is 11.2. The van der Waals surface area contributed by atoms with Gasteiger partial charge in [0.25, 0.3) is 0 Å². The maximum Gasteiger partial charge on any atom is 0.491 e. The minimum absolute atomic E-state index is 0.0398. The molecule has 0 unspecified atom stereocenters. The number of esters is 1. The van der Waals surface area contributed by atoms with Crippen LogP contribution in [0.15, 0.2) is 0 Å². The molecule has 0 amide bonds. The first-order chi connectivity index (χ1) is 7.66. The first kappa shape index (κ1) is 16.2. The molecule has 0 atom stereocenters. The minimum atomic E-state index is -4.99. The van der Waals surface area contributed by atoms with Gasteiger partial charge in [-0.3, -0.25) is 0 Å². The van der Waals surface area contributed by atoms with Crippen LogP contribution in [-0.2, 0) is 19.6 Å². The second-order valence-corrected chi connectivity index (χ2v) is 5.73. The maximum absolute atomic E-state index is 13.6. The molecule has 0 N–H and O–H groups in total. The SMILES string of the molecule is CC[N+](CC)(CC)S(=O)(=O)C(F)(F)C(=O)OC. The Kier molecular flexibility index (Phi) is 5.02. The van der Waals surface area contributed by atoms with E-state index in [2.05, 4.69) is 4.74 Å². The molecular formula is C9H18F2NO4S+. The second-order valence-electron chi connectivity index (χ2n) is 3.49. The molecule has 0 aromatic carbocycles. The number of sulfonamides is 1. The number of hydrogen-bond acceptors (Lipinski definition) is 4. The van der Waals surface area contributed by atoms with E-state index in [1.54, 1.807) is 0 Å². The highest BCUT2D eigenvalue weighted by Gasteiger charge is 2.64. The molecule has 0 saturated carbocycles. The van der Waals surface area contributed by atoms with Crippen molar-refractivity contribution in [2.75, 3.05) is 26.7 Å². The number of methoxy groups -OCH3 is 1. The fourth-order valence-electron chi connectivity index (χ4n) is 1.65. The summed E-state index contributed by atoms with van der Waals surface area (Å²) in [4.78, 5) is 10.9. The molecule has 17 heavy (non-hydrogen) atoms. The first-order valence-corrected chi connectivity index (χ1v) is 6.67. The molecular weight excluding hydrogens is 256 g/mol. The van der Waals surface area contributed by atoms with Gasteiger partial charge in [-0.25, -0.2) is 8.68 Å². The smallest absolute Gasteiger partial charge is 0.464 e. The van der Waals surface area contributed by atoms with Crippen LogP contribution >= 0.6 is 0 Å². The van der Waals surface area contributed by atoms with Crippen LogP contribution in [0.1, 0.15) is 20.8 Å². The Morgan fingerprint density at radius 2 is 1.53 bits per heavy atom. The Morgan fingerprint density at radius 3 is 1.76 bits per heavy atom. The molecule has 0 heterocycles. The summed E-state index contributed by atoms with van der Waals surface area (Å²) in [7, 11) is -4.27. The molecule has 8 heteroatoms. The maximum atomic E-state index is 13.6. The fraction of sp³-hybridized carbons (Fsp3) is 0.889. The van der Waals surface area contributed by atoms with E-state index in [1.807, 2.05) is 0 Å². The van der Waals surface area contributed by atoms with Crippen molar-refractivity contribution in [1.29, 1.82) is 0 Å². The summed E-state index contributed by atoms with van der Waals surface area (Å²) >= 11 is 0. The quantitative estimate of drug-likeness (QED) is 0.534. The molecule has 0 bridgehead atoms. The lowest BCUT2D eigenvalue weighted by atomic mass is 10.5. The molecule has 0 spiro atoms. The molecule has 0 aromatic rings. The predicted octanol–water partition coefficient (Wildman–Crippen LogP) is 0.958. The van der Waals surface area contributed by atoms with Gasteiger partial charge in [-0.05, 0) is 20.8 Å². The standard InChI is InChI=1S/C9H18F2NO4S/c1-5-12(6-2,7-3)17(14,15)9(10,11)8(13)16-4/h5-7H2,1-4H3/q+1. The van der Waals surface area contributed by atoms with Gasteiger partial charge in [0.15, 0.2) is 0 Å². The molecule has 0 aliphatic rings. The van der Waals surface area contributed by atoms with Crippen LogP contribution in [0.3, 0.4) is 0 Å². The van der Waals surface area contributed by atoms with Crippen molar-refractivity contribution in [1.82, 2.24) is 0 Å². The number of nitrogens with zero attached hydrogens (tertiary/aromatic N) is 1. The van der Waals surface area contributed by atoms with Gasteiger partial charge in [-0.1, -0.05) is 0 Å². The summed E-state index contributed by atoms with van der Waals surface area (Å²) in [6.45, 7) is 4.33. The van der Waals surface area contributed by atoms with E-state index in [1.165, 1.54) is 20.8 Å². The summed E-state index contributed by atoms with van der Waals surface area (Å²) in [6, 6.07) is 0. The number of carbonyl (C=O) groups is 1. The zero-order valence-electron chi connectivity index (χ0n) is 10.4. The number of halogens is 2. The topological polar surface area (TPSA) is 60.4 Å². The Labute approximate surface area is 100.0 Å². The molecule has 102 valence electrons. The number of alkyl halides is 2. The highest BCUT2D eigenvalue weighted by molar-refractivity contribution is 7.87. The van der Waals surface area contributed by atoms with Gasteiger partial charge < -0.3 is 4.74 Å². The van der Waals surface area contributed by atoms with Crippen molar-refractivity contribution in [3.63, 3.8) is 0 Å². The first-order valence-electron chi connectivity index (χ1n) is 5.23. The minimum Gasteiger partial charge on any atom is -0.464 e. The number of quaternary nitrogens is 1. The van der Waals surface area contributed by atoms with Crippen molar-refractivity contribution in [3.05, 3.63) is 0 Å². The molecule has 5 nitrogen and oxygen atoms in total. The summed E-state index contributed by atoms with van der Waals surface area (Å²) < 4.78 is 53.9. The number of carbonyl (C=O) groups excluding carboxylic acids is 1. The van der Waals surface area contributed by atoms with Gasteiger partial charge in [0.05, 0.1) is 26.7 Å². The second kappa shape index (κ2) is 5.26. The molecule has 0 aromatic heterocycles. The number of rotatable bonds is 6. The van der Waals surface area contributed by atoms with Crippen LogP contribution in [0.5, 0.6) is 0 Å². The third-order valence-corrected chi connectivity index (χ3v) is 5.59. The van der Waals surface area contributed by atoms with E-state index in [0.717, 1.165) is 7.11 Å². The third-order valence-electron chi connectivity index (χ3n) is 2.99. The Bertz CT molecular complexity index is 368.